The minimum Gasteiger partial charge on any atom is -0.377 e. The summed E-state index contributed by atoms with van der Waals surface area (Å²) in [7, 11) is 2.11. The van der Waals surface area contributed by atoms with E-state index in [2.05, 4.69) is 23.3 Å². The topological polar surface area (TPSA) is 24.5 Å². The highest BCUT2D eigenvalue weighted by molar-refractivity contribution is 6.30. The number of ether oxygens (including phenoxy) is 1. The van der Waals surface area contributed by atoms with Crippen LogP contribution in [0.2, 0.25) is 5.02 Å². The van der Waals surface area contributed by atoms with E-state index in [0.29, 0.717) is 5.92 Å². The van der Waals surface area contributed by atoms with E-state index >= 15 is 0 Å². The zero-order valence-corrected chi connectivity index (χ0v) is 14.3. The van der Waals surface area contributed by atoms with Crippen LogP contribution in [0.3, 0.4) is 0 Å². The zero-order valence-electron chi connectivity index (χ0n) is 13.5. The van der Waals surface area contributed by atoms with Crippen molar-refractivity contribution in [2.45, 2.75) is 18.9 Å². The Morgan fingerprint density at radius 1 is 1.43 bits per heavy atom. The maximum absolute atomic E-state index is 13.8. The Labute approximate surface area is 142 Å². The van der Waals surface area contributed by atoms with Crippen molar-refractivity contribution >= 4 is 11.6 Å². The summed E-state index contributed by atoms with van der Waals surface area (Å²) in [4.78, 5) is 2.30. The lowest BCUT2D eigenvalue weighted by Crippen LogP contribution is -2.30. The van der Waals surface area contributed by atoms with Crippen molar-refractivity contribution in [1.82, 2.24) is 10.2 Å². The van der Waals surface area contributed by atoms with Crippen LogP contribution in [0, 0.1) is 11.7 Å². The van der Waals surface area contributed by atoms with Gasteiger partial charge in [-0.15, -0.1) is 0 Å². The van der Waals surface area contributed by atoms with Crippen LogP contribution in [0.25, 0.3) is 0 Å². The fourth-order valence-corrected chi connectivity index (χ4v) is 3.73. The molecule has 1 N–H and O–H groups in total. The molecule has 0 aromatic heterocycles. The molecule has 23 heavy (non-hydrogen) atoms. The van der Waals surface area contributed by atoms with E-state index in [1.807, 2.05) is 6.07 Å². The Hall–Kier alpha value is -0.940. The quantitative estimate of drug-likeness (QED) is 0.833. The minimum absolute atomic E-state index is 0.188. The van der Waals surface area contributed by atoms with E-state index < -0.39 is 0 Å². The first-order valence-corrected chi connectivity index (χ1v) is 8.64. The van der Waals surface area contributed by atoms with Gasteiger partial charge >= 0.3 is 0 Å². The van der Waals surface area contributed by atoms with Gasteiger partial charge in [0.15, 0.2) is 0 Å². The second-order valence-electron chi connectivity index (χ2n) is 6.48. The van der Waals surface area contributed by atoms with Crippen molar-refractivity contribution in [2.75, 3.05) is 39.9 Å². The molecule has 0 amide bonds. The molecule has 0 radical (unpaired) electrons. The lowest BCUT2D eigenvalue weighted by molar-refractivity contribution is 0.148. The van der Waals surface area contributed by atoms with Crippen LogP contribution in [0.15, 0.2) is 29.8 Å². The predicted molar refractivity (Wildman–Crippen MR) is 91.3 cm³/mol. The third kappa shape index (κ3) is 4.13. The van der Waals surface area contributed by atoms with Crippen molar-refractivity contribution in [1.29, 1.82) is 0 Å². The normalized spacial score (nSPS) is 25.6. The van der Waals surface area contributed by atoms with Crippen molar-refractivity contribution in [2.24, 2.45) is 5.92 Å². The Morgan fingerprint density at radius 2 is 2.30 bits per heavy atom. The Morgan fingerprint density at radius 3 is 3.04 bits per heavy atom. The molecule has 2 aliphatic heterocycles. The zero-order chi connectivity index (χ0) is 16.2. The number of benzene rings is 1. The summed E-state index contributed by atoms with van der Waals surface area (Å²) in [5.41, 5.74) is 2.34. The molecule has 3 nitrogen and oxygen atoms in total. The number of hydrogen-bond acceptors (Lipinski definition) is 3. The van der Waals surface area contributed by atoms with Crippen LogP contribution < -0.4 is 5.32 Å². The minimum atomic E-state index is -0.333. The Kier molecular flexibility index (Phi) is 5.70. The lowest BCUT2D eigenvalue weighted by atomic mass is 9.93. The van der Waals surface area contributed by atoms with Gasteiger partial charge in [0.25, 0.3) is 0 Å². The molecule has 0 saturated carbocycles. The average Bonchev–Trinajstić information content (AvgIpc) is 2.92. The number of halogens is 2. The molecule has 3 rings (SSSR count). The SMILES string of the molecule is CN1CC[C@@H](CNCC2=CCCOC2)[C@H]1c1ccc(Cl)c(F)c1. The second-order valence-corrected chi connectivity index (χ2v) is 6.89. The van der Waals surface area contributed by atoms with E-state index in [0.717, 1.165) is 51.3 Å². The monoisotopic (exact) mass is 338 g/mol. The fourth-order valence-electron chi connectivity index (χ4n) is 3.61. The van der Waals surface area contributed by atoms with Gasteiger partial charge in [0.2, 0.25) is 0 Å². The first-order valence-electron chi connectivity index (χ1n) is 8.26. The van der Waals surface area contributed by atoms with Gasteiger partial charge in [0.05, 0.1) is 18.2 Å². The van der Waals surface area contributed by atoms with Crippen LogP contribution in [-0.2, 0) is 4.74 Å². The molecule has 1 aromatic carbocycles. The fraction of sp³-hybridized carbons (Fsp3) is 0.556. The van der Waals surface area contributed by atoms with Crippen molar-refractivity contribution in [3.8, 4) is 0 Å². The van der Waals surface area contributed by atoms with Crippen LogP contribution in [0.5, 0.6) is 0 Å². The summed E-state index contributed by atoms with van der Waals surface area (Å²) in [6.07, 6.45) is 4.40. The maximum atomic E-state index is 13.8. The first-order chi connectivity index (χ1) is 11.1. The van der Waals surface area contributed by atoms with Crippen LogP contribution >= 0.6 is 11.6 Å². The third-order valence-electron chi connectivity index (χ3n) is 4.80. The molecule has 0 bridgehead atoms. The standard InChI is InChI=1S/C18H24ClFN2O/c1-22-7-6-15(11-21-10-13-3-2-8-23-12-13)18(22)14-4-5-16(19)17(20)9-14/h3-5,9,15,18,21H,2,6-8,10-12H2,1H3/t15-,18+/m0/s1. The summed E-state index contributed by atoms with van der Waals surface area (Å²) in [6.45, 7) is 4.41. The molecule has 1 saturated heterocycles. The number of rotatable bonds is 5. The first kappa shape index (κ1) is 16.9. The van der Waals surface area contributed by atoms with Gasteiger partial charge in [-0.05, 0) is 55.6 Å². The molecule has 1 aromatic rings. The summed E-state index contributed by atoms with van der Waals surface area (Å²) in [5, 5.41) is 3.74. The number of likely N-dealkylation sites (tertiary alicyclic amines) is 1. The molecule has 126 valence electrons. The Bertz CT molecular complexity index is 578. The van der Waals surface area contributed by atoms with Gasteiger partial charge in [-0.3, -0.25) is 4.90 Å². The molecule has 0 unspecified atom stereocenters. The van der Waals surface area contributed by atoms with Gasteiger partial charge < -0.3 is 10.1 Å². The van der Waals surface area contributed by atoms with Crippen LogP contribution in [-0.4, -0.2) is 44.8 Å². The van der Waals surface area contributed by atoms with Gasteiger partial charge in [0.1, 0.15) is 5.82 Å². The predicted octanol–water partition coefficient (Wildman–Crippen LogP) is 3.41. The van der Waals surface area contributed by atoms with Gasteiger partial charge in [-0.2, -0.15) is 0 Å². The van der Waals surface area contributed by atoms with E-state index in [4.69, 9.17) is 16.3 Å². The highest BCUT2D eigenvalue weighted by atomic mass is 35.5. The highest BCUT2D eigenvalue weighted by Crippen LogP contribution is 2.36. The molecule has 2 atom stereocenters. The number of hydrogen-bond donors (Lipinski definition) is 1. The van der Waals surface area contributed by atoms with Crippen LogP contribution in [0.4, 0.5) is 4.39 Å². The number of nitrogens with one attached hydrogen (secondary N) is 1. The third-order valence-corrected chi connectivity index (χ3v) is 5.11. The Balaban J connectivity index is 1.61. The van der Waals surface area contributed by atoms with E-state index in [1.54, 1.807) is 12.1 Å². The average molecular weight is 339 g/mol. The summed E-state index contributed by atoms with van der Waals surface area (Å²) in [6, 6.07) is 5.43. The van der Waals surface area contributed by atoms with Gasteiger partial charge in [0, 0.05) is 19.1 Å². The molecule has 0 aliphatic carbocycles. The van der Waals surface area contributed by atoms with Crippen LogP contribution in [0.1, 0.15) is 24.4 Å². The second kappa shape index (κ2) is 7.75. The van der Waals surface area contributed by atoms with Gasteiger partial charge in [-0.25, -0.2) is 4.39 Å². The molecular weight excluding hydrogens is 315 g/mol. The molecule has 2 aliphatic rings. The molecule has 1 fully saturated rings. The van der Waals surface area contributed by atoms with Crippen molar-refractivity contribution in [3.05, 3.63) is 46.3 Å². The van der Waals surface area contributed by atoms with Crippen molar-refractivity contribution in [3.63, 3.8) is 0 Å². The highest BCUT2D eigenvalue weighted by Gasteiger charge is 2.33. The summed E-state index contributed by atoms with van der Waals surface area (Å²) >= 11 is 5.81. The molecule has 2 heterocycles. The lowest BCUT2D eigenvalue weighted by Gasteiger charge is -2.26. The summed E-state index contributed by atoms with van der Waals surface area (Å²) < 4.78 is 19.3. The molecule has 5 heteroatoms. The van der Waals surface area contributed by atoms with E-state index in [-0.39, 0.29) is 16.9 Å². The maximum Gasteiger partial charge on any atom is 0.142 e. The number of nitrogens with zero attached hydrogens (tertiary/aromatic N) is 1. The van der Waals surface area contributed by atoms with E-state index in [1.165, 1.54) is 5.57 Å². The van der Waals surface area contributed by atoms with Gasteiger partial charge in [-0.1, -0.05) is 23.7 Å². The smallest absolute Gasteiger partial charge is 0.142 e. The molecular formula is C18H24ClFN2O. The molecule has 0 spiro atoms. The summed E-state index contributed by atoms with van der Waals surface area (Å²) in [5.74, 6) is 0.145. The van der Waals surface area contributed by atoms with Crippen molar-refractivity contribution < 1.29 is 9.13 Å². The van der Waals surface area contributed by atoms with E-state index in [9.17, 15) is 4.39 Å². The largest absolute Gasteiger partial charge is 0.377 e.